The summed E-state index contributed by atoms with van der Waals surface area (Å²) in [4.78, 5) is 10.8. The van der Waals surface area contributed by atoms with E-state index in [9.17, 15) is 15.0 Å². The molecule has 2 amide bonds. The van der Waals surface area contributed by atoms with Crippen LogP contribution in [0.2, 0.25) is 0 Å². The average molecular weight is 299 g/mol. The first-order chi connectivity index (χ1) is 10.6. The number of carbonyl (C=O) groups is 1. The number of benzene rings is 2. The topological polar surface area (TPSA) is 108 Å². The number of phenols is 2. The van der Waals surface area contributed by atoms with Crippen molar-refractivity contribution in [3.63, 3.8) is 0 Å². The summed E-state index contributed by atoms with van der Waals surface area (Å²) < 4.78 is 0. The second-order valence-electron chi connectivity index (χ2n) is 4.72. The molecule has 2 rings (SSSR count). The maximum Gasteiger partial charge on any atom is 0.332 e. The Bertz CT molecular complexity index is 684. The van der Waals surface area contributed by atoms with E-state index >= 15 is 0 Å². The number of phenolic OH excluding ortho intramolecular Hbond substituents is 2. The molecule has 0 atom stereocenters. The number of primary amides is 1. The number of aromatic hydroxyl groups is 2. The van der Waals surface area contributed by atoms with Crippen LogP contribution in [0.3, 0.4) is 0 Å². The van der Waals surface area contributed by atoms with Gasteiger partial charge in [0, 0.05) is 11.6 Å². The van der Waals surface area contributed by atoms with Gasteiger partial charge in [-0.1, -0.05) is 30.3 Å². The first-order valence-electron chi connectivity index (χ1n) is 6.74. The molecule has 5 N–H and O–H groups in total. The summed E-state index contributed by atoms with van der Waals surface area (Å²) in [6.07, 6.45) is 1.17. The molecule has 0 heterocycles. The summed E-state index contributed by atoms with van der Waals surface area (Å²) in [5.74, 6) is -0.162. The van der Waals surface area contributed by atoms with E-state index in [2.05, 4.69) is 10.5 Å². The molecule has 0 spiro atoms. The Hall–Kier alpha value is -3.02. The molecule has 22 heavy (non-hydrogen) atoms. The van der Waals surface area contributed by atoms with Gasteiger partial charge in [0.25, 0.3) is 0 Å². The molecule has 0 aromatic heterocycles. The fraction of sp³-hybridized carbons (Fsp3) is 0.125. The predicted molar refractivity (Wildman–Crippen MR) is 83.8 cm³/mol. The number of nitrogens with two attached hydrogens (primary N) is 1. The number of hydrogen-bond acceptors (Lipinski definition) is 4. The fourth-order valence-electron chi connectivity index (χ4n) is 2.04. The lowest BCUT2D eigenvalue weighted by Gasteiger charge is -2.09. The highest BCUT2D eigenvalue weighted by molar-refractivity contribution is 6.03. The third-order valence-corrected chi connectivity index (χ3v) is 3.09. The molecule has 0 aliphatic rings. The molecule has 0 saturated heterocycles. The van der Waals surface area contributed by atoms with Crippen LogP contribution < -0.4 is 11.2 Å². The summed E-state index contributed by atoms with van der Waals surface area (Å²) in [6.45, 7) is 0. The first-order valence-corrected chi connectivity index (χ1v) is 6.74. The third kappa shape index (κ3) is 4.24. The van der Waals surface area contributed by atoms with E-state index in [0.29, 0.717) is 24.1 Å². The van der Waals surface area contributed by atoms with Gasteiger partial charge in [-0.2, -0.15) is 5.10 Å². The van der Waals surface area contributed by atoms with Crippen molar-refractivity contribution in [1.29, 1.82) is 0 Å². The van der Waals surface area contributed by atoms with Crippen molar-refractivity contribution in [2.75, 3.05) is 0 Å². The van der Waals surface area contributed by atoms with Crippen LogP contribution in [-0.4, -0.2) is 22.0 Å². The lowest BCUT2D eigenvalue weighted by molar-refractivity contribution is 0.249. The van der Waals surface area contributed by atoms with E-state index in [1.807, 2.05) is 30.3 Å². The largest absolute Gasteiger partial charge is 0.508 e. The van der Waals surface area contributed by atoms with Gasteiger partial charge >= 0.3 is 6.03 Å². The van der Waals surface area contributed by atoms with Crippen LogP contribution in [0.4, 0.5) is 4.79 Å². The molecular formula is C16H17N3O3. The number of amides is 2. The Morgan fingerprint density at radius 3 is 2.50 bits per heavy atom. The van der Waals surface area contributed by atoms with Crippen molar-refractivity contribution in [2.45, 2.75) is 12.8 Å². The molecule has 0 fully saturated rings. The van der Waals surface area contributed by atoms with E-state index in [0.717, 1.165) is 5.56 Å². The Balaban J connectivity index is 2.22. The molecule has 0 saturated carbocycles. The number of rotatable bonds is 5. The van der Waals surface area contributed by atoms with Gasteiger partial charge in [0.1, 0.15) is 11.5 Å². The minimum Gasteiger partial charge on any atom is -0.508 e. The number of aryl methyl sites for hydroxylation is 1. The number of nitrogens with one attached hydrogen (secondary N) is 1. The number of carbonyl (C=O) groups excluding carboxylic acids is 1. The molecule has 0 aliphatic carbocycles. The van der Waals surface area contributed by atoms with Gasteiger partial charge in [-0.15, -0.1) is 0 Å². The van der Waals surface area contributed by atoms with E-state index < -0.39 is 6.03 Å². The first kappa shape index (κ1) is 15.4. The molecular weight excluding hydrogens is 282 g/mol. The van der Waals surface area contributed by atoms with Crippen molar-refractivity contribution in [3.8, 4) is 11.5 Å². The van der Waals surface area contributed by atoms with E-state index in [1.165, 1.54) is 18.2 Å². The highest BCUT2D eigenvalue weighted by Gasteiger charge is 2.11. The number of hydrazone groups is 1. The Morgan fingerprint density at radius 2 is 1.86 bits per heavy atom. The quantitative estimate of drug-likeness (QED) is 0.501. The summed E-state index contributed by atoms with van der Waals surface area (Å²) in [5, 5.41) is 23.2. The number of urea groups is 1. The zero-order valence-corrected chi connectivity index (χ0v) is 11.9. The average Bonchev–Trinajstić information content (AvgIpc) is 2.49. The second kappa shape index (κ2) is 7.12. The normalized spacial score (nSPS) is 11.2. The minimum atomic E-state index is -0.782. The Morgan fingerprint density at radius 1 is 1.14 bits per heavy atom. The van der Waals surface area contributed by atoms with E-state index in [4.69, 9.17) is 5.73 Å². The van der Waals surface area contributed by atoms with Crippen molar-refractivity contribution in [2.24, 2.45) is 10.8 Å². The SMILES string of the molecule is NC(=O)N/N=C(\CCc1ccccc1)c1ccc(O)cc1O. The van der Waals surface area contributed by atoms with Gasteiger partial charge in [0.15, 0.2) is 0 Å². The van der Waals surface area contributed by atoms with Gasteiger partial charge in [-0.3, -0.25) is 0 Å². The third-order valence-electron chi connectivity index (χ3n) is 3.09. The summed E-state index contributed by atoms with van der Waals surface area (Å²) >= 11 is 0. The van der Waals surface area contributed by atoms with Crippen LogP contribution in [0, 0.1) is 0 Å². The zero-order chi connectivity index (χ0) is 15.9. The van der Waals surface area contributed by atoms with Crippen LogP contribution in [0.1, 0.15) is 17.5 Å². The smallest absolute Gasteiger partial charge is 0.332 e. The zero-order valence-electron chi connectivity index (χ0n) is 11.9. The lowest BCUT2D eigenvalue weighted by atomic mass is 10.0. The maximum absolute atomic E-state index is 10.8. The van der Waals surface area contributed by atoms with Gasteiger partial charge in [0.2, 0.25) is 0 Å². The van der Waals surface area contributed by atoms with Crippen molar-refractivity contribution >= 4 is 11.7 Å². The van der Waals surface area contributed by atoms with Gasteiger partial charge in [0.05, 0.1) is 5.71 Å². The molecule has 0 aliphatic heterocycles. The summed E-state index contributed by atoms with van der Waals surface area (Å²) in [5.41, 5.74) is 9.21. The minimum absolute atomic E-state index is 0.0495. The van der Waals surface area contributed by atoms with Gasteiger partial charge < -0.3 is 15.9 Å². The van der Waals surface area contributed by atoms with Gasteiger partial charge in [-0.05, 0) is 30.5 Å². The van der Waals surface area contributed by atoms with Crippen LogP contribution in [0.5, 0.6) is 11.5 Å². The molecule has 0 bridgehead atoms. The van der Waals surface area contributed by atoms with Gasteiger partial charge in [-0.25, -0.2) is 10.2 Å². The molecule has 2 aromatic carbocycles. The van der Waals surface area contributed by atoms with Crippen molar-refractivity contribution in [1.82, 2.24) is 5.43 Å². The second-order valence-corrected chi connectivity index (χ2v) is 4.72. The molecule has 114 valence electrons. The molecule has 6 nitrogen and oxygen atoms in total. The summed E-state index contributed by atoms with van der Waals surface area (Å²) in [7, 11) is 0. The summed E-state index contributed by atoms with van der Waals surface area (Å²) in [6, 6.07) is 13.2. The molecule has 0 unspecified atom stereocenters. The van der Waals surface area contributed by atoms with Crippen LogP contribution in [0.15, 0.2) is 53.6 Å². The molecule has 0 radical (unpaired) electrons. The molecule has 6 heteroatoms. The highest BCUT2D eigenvalue weighted by atomic mass is 16.3. The van der Waals surface area contributed by atoms with E-state index in [-0.39, 0.29) is 11.5 Å². The maximum atomic E-state index is 10.8. The monoisotopic (exact) mass is 299 g/mol. The van der Waals surface area contributed by atoms with Crippen molar-refractivity contribution in [3.05, 3.63) is 59.7 Å². The fourth-order valence-corrected chi connectivity index (χ4v) is 2.04. The van der Waals surface area contributed by atoms with Crippen LogP contribution in [0.25, 0.3) is 0 Å². The van der Waals surface area contributed by atoms with Crippen molar-refractivity contribution < 1.29 is 15.0 Å². The predicted octanol–water partition coefficient (Wildman–Crippen LogP) is 2.10. The highest BCUT2D eigenvalue weighted by Crippen LogP contribution is 2.24. The van der Waals surface area contributed by atoms with E-state index in [1.54, 1.807) is 0 Å². The standard InChI is InChI=1S/C16H17N3O3/c17-16(22)19-18-14(9-6-11-4-2-1-3-5-11)13-8-7-12(20)10-15(13)21/h1-5,7-8,10,20-21H,6,9H2,(H3,17,19,22)/b18-14+. The number of hydrogen-bond donors (Lipinski definition) is 4. The molecule has 2 aromatic rings. The Labute approximate surface area is 127 Å². The van der Waals surface area contributed by atoms with Crippen LogP contribution in [-0.2, 0) is 6.42 Å². The Kier molecular flexibility index (Phi) is 4.98. The number of nitrogens with zero attached hydrogens (tertiary/aromatic N) is 1. The van der Waals surface area contributed by atoms with Crippen LogP contribution >= 0.6 is 0 Å². The lowest BCUT2D eigenvalue weighted by Crippen LogP contribution is -2.26.